The molecule has 1 saturated heterocycles. The summed E-state index contributed by atoms with van der Waals surface area (Å²) in [5.74, 6) is 0.288. The van der Waals surface area contributed by atoms with E-state index in [0.29, 0.717) is 6.54 Å². The fraction of sp³-hybridized carbons (Fsp3) is 1.00. The van der Waals surface area contributed by atoms with Crippen molar-refractivity contribution in [2.24, 2.45) is 0 Å². The zero-order valence-corrected chi connectivity index (χ0v) is 14.9. The molecule has 2 rings (SSSR count). The molecule has 4 nitrogen and oxygen atoms in total. The molecule has 1 atom stereocenters. The molecule has 2 aliphatic rings. The Kier molecular flexibility index (Phi) is 5.06. The topological polar surface area (TPSA) is 49.4 Å². The molecular weight excluding hydrogens is 284 g/mol. The number of hydrogen-bond donors (Lipinski definition) is 1. The summed E-state index contributed by atoms with van der Waals surface area (Å²) < 4.78 is 24.3. The summed E-state index contributed by atoms with van der Waals surface area (Å²) in [6.45, 7) is 10.7. The van der Waals surface area contributed by atoms with Crippen LogP contribution >= 0.6 is 0 Å². The molecule has 1 N–H and O–H groups in total. The summed E-state index contributed by atoms with van der Waals surface area (Å²) in [6.07, 6.45) is 6.13. The van der Waals surface area contributed by atoms with Crippen molar-refractivity contribution in [3.05, 3.63) is 0 Å². The molecule has 0 radical (unpaired) electrons. The first-order valence-corrected chi connectivity index (χ1v) is 10.2. The van der Waals surface area contributed by atoms with Crippen LogP contribution < -0.4 is 5.32 Å². The molecule has 1 aliphatic carbocycles. The Labute approximate surface area is 130 Å². The first-order chi connectivity index (χ1) is 9.73. The minimum absolute atomic E-state index is 0.0837. The van der Waals surface area contributed by atoms with Gasteiger partial charge in [0.05, 0.1) is 11.0 Å². The van der Waals surface area contributed by atoms with Crippen LogP contribution in [0.3, 0.4) is 0 Å². The van der Waals surface area contributed by atoms with Gasteiger partial charge in [-0.1, -0.05) is 19.8 Å². The lowest BCUT2D eigenvalue weighted by Crippen LogP contribution is -2.68. The van der Waals surface area contributed by atoms with Crippen LogP contribution in [0, 0.1) is 0 Å². The van der Waals surface area contributed by atoms with Crippen molar-refractivity contribution in [1.82, 2.24) is 10.2 Å². The molecule has 0 bridgehead atoms. The molecule has 2 fully saturated rings. The fourth-order valence-electron chi connectivity index (χ4n) is 3.66. The Balaban J connectivity index is 2.08. The third-order valence-corrected chi connectivity index (χ3v) is 7.98. The van der Waals surface area contributed by atoms with Crippen LogP contribution in [0.15, 0.2) is 0 Å². The van der Waals surface area contributed by atoms with Gasteiger partial charge in [0, 0.05) is 30.7 Å². The maximum atomic E-state index is 12.1. The van der Waals surface area contributed by atoms with E-state index in [4.69, 9.17) is 0 Å². The van der Waals surface area contributed by atoms with Crippen molar-refractivity contribution >= 4 is 9.84 Å². The van der Waals surface area contributed by atoms with Gasteiger partial charge in [-0.2, -0.15) is 0 Å². The molecule has 124 valence electrons. The zero-order valence-electron chi connectivity index (χ0n) is 14.1. The van der Waals surface area contributed by atoms with Gasteiger partial charge in [-0.25, -0.2) is 8.42 Å². The first-order valence-electron chi connectivity index (χ1n) is 8.45. The van der Waals surface area contributed by atoms with E-state index in [0.717, 1.165) is 19.5 Å². The van der Waals surface area contributed by atoms with E-state index in [2.05, 4.69) is 24.1 Å². The average Bonchev–Trinajstić information content (AvgIpc) is 2.89. The van der Waals surface area contributed by atoms with Gasteiger partial charge >= 0.3 is 0 Å². The molecule has 1 aliphatic heterocycles. The minimum Gasteiger partial charge on any atom is -0.308 e. The zero-order chi connectivity index (χ0) is 15.7. The van der Waals surface area contributed by atoms with Crippen LogP contribution in [0.5, 0.6) is 0 Å². The van der Waals surface area contributed by atoms with Crippen LogP contribution in [0.25, 0.3) is 0 Å². The number of nitrogens with zero attached hydrogens (tertiary/aromatic N) is 1. The third-order valence-electron chi connectivity index (χ3n) is 5.79. The second kappa shape index (κ2) is 6.17. The van der Waals surface area contributed by atoms with E-state index in [-0.39, 0.29) is 22.1 Å². The summed E-state index contributed by atoms with van der Waals surface area (Å²) in [5, 5.41) is 3.53. The maximum absolute atomic E-state index is 12.1. The van der Waals surface area contributed by atoms with Crippen LogP contribution in [0.1, 0.15) is 59.8 Å². The third kappa shape index (κ3) is 3.62. The van der Waals surface area contributed by atoms with Crippen LogP contribution in [-0.4, -0.2) is 55.0 Å². The highest BCUT2D eigenvalue weighted by Gasteiger charge is 2.45. The Morgan fingerprint density at radius 2 is 1.86 bits per heavy atom. The highest BCUT2D eigenvalue weighted by Crippen LogP contribution is 2.36. The van der Waals surface area contributed by atoms with Gasteiger partial charge in [0.25, 0.3) is 0 Å². The monoisotopic (exact) mass is 316 g/mol. The molecule has 0 amide bonds. The fourth-order valence-corrected chi connectivity index (χ4v) is 4.61. The predicted molar refractivity (Wildman–Crippen MR) is 88.4 cm³/mol. The lowest BCUT2D eigenvalue weighted by Gasteiger charge is -2.52. The molecule has 1 unspecified atom stereocenters. The SMILES string of the molecule is CCC1(C)CNC2(CCCC2)CN1CCS(=O)(=O)C(C)C. The molecule has 0 aromatic rings. The normalized spacial score (nSPS) is 30.3. The van der Waals surface area contributed by atoms with Gasteiger partial charge in [-0.05, 0) is 40.0 Å². The molecule has 1 heterocycles. The number of hydrogen-bond acceptors (Lipinski definition) is 4. The van der Waals surface area contributed by atoms with Crippen LogP contribution in [0.2, 0.25) is 0 Å². The van der Waals surface area contributed by atoms with Gasteiger partial charge in [0.2, 0.25) is 0 Å². The second-order valence-corrected chi connectivity index (χ2v) is 10.2. The van der Waals surface area contributed by atoms with E-state index in [1.807, 2.05) is 0 Å². The molecule has 0 aromatic heterocycles. The first kappa shape index (κ1) is 17.2. The molecule has 0 aromatic carbocycles. The predicted octanol–water partition coefficient (Wildman–Crippen LogP) is 2.20. The van der Waals surface area contributed by atoms with E-state index >= 15 is 0 Å². The molecule has 1 saturated carbocycles. The number of piperazine rings is 1. The summed E-state index contributed by atoms with van der Waals surface area (Å²) in [6, 6.07) is 0. The summed E-state index contributed by atoms with van der Waals surface area (Å²) in [5.41, 5.74) is 0.330. The number of sulfone groups is 1. The van der Waals surface area contributed by atoms with Gasteiger partial charge in [-0.15, -0.1) is 0 Å². The Bertz CT molecular complexity index is 455. The summed E-state index contributed by atoms with van der Waals surface area (Å²) in [7, 11) is -2.95. The van der Waals surface area contributed by atoms with E-state index in [9.17, 15) is 8.42 Å². The lowest BCUT2D eigenvalue weighted by molar-refractivity contribution is 0.0193. The van der Waals surface area contributed by atoms with Gasteiger partial charge in [0.1, 0.15) is 0 Å². The highest BCUT2D eigenvalue weighted by atomic mass is 32.2. The van der Waals surface area contributed by atoms with Gasteiger partial charge in [-0.3, -0.25) is 4.90 Å². The van der Waals surface area contributed by atoms with E-state index in [1.54, 1.807) is 13.8 Å². The van der Waals surface area contributed by atoms with Crippen molar-refractivity contribution in [2.75, 3.05) is 25.4 Å². The Morgan fingerprint density at radius 3 is 2.38 bits per heavy atom. The molecule has 5 heteroatoms. The maximum Gasteiger partial charge on any atom is 0.153 e. The van der Waals surface area contributed by atoms with Crippen molar-refractivity contribution in [1.29, 1.82) is 0 Å². The van der Waals surface area contributed by atoms with Crippen LogP contribution in [0.4, 0.5) is 0 Å². The summed E-state index contributed by atoms with van der Waals surface area (Å²) >= 11 is 0. The number of nitrogens with one attached hydrogen (secondary N) is 1. The Morgan fingerprint density at radius 1 is 1.24 bits per heavy atom. The van der Waals surface area contributed by atoms with Gasteiger partial charge < -0.3 is 5.32 Å². The largest absolute Gasteiger partial charge is 0.308 e. The van der Waals surface area contributed by atoms with Crippen molar-refractivity contribution in [2.45, 2.75) is 76.1 Å². The smallest absolute Gasteiger partial charge is 0.153 e. The second-order valence-electron chi connectivity index (χ2n) is 7.53. The van der Waals surface area contributed by atoms with E-state index in [1.165, 1.54) is 25.7 Å². The average molecular weight is 317 g/mol. The standard InChI is InChI=1S/C16H32N2O2S/c1-5-15(4)12-17-16(8-6-7-9-16)13-18(15)10-11-21(19,20)14(2)3/h14,17H,5-13H2,1-4H3. The van der Waals surface area contributed by atoms with E-state index < -0.39 is 9.84 Å². The Hall–Kier alpha value is -0.130. The quantitative estimate of drug-likeness (QED) is 0.845. The minimum atomic E-state index is -2.95. The summed E-state index contributed by atoms with van der Waals surface area (Å²) in [4.78, 5) is 2.45. The van der Waals surface area contributed by atoms with Crippen molar-refractivity contribution < 1.29 is 8.42 Å². The molecular formula is C16H32N2O2S. The lowest BCUT2D eigenvalue weighted by atomic mass is 9.85. The molecule has 21 heavy (non-hydrogen) atoms. The van der Waals surface area contributed by atoms with Crippen LogP contribution in [-0.2, 0) is 9.84 Å². The molecule has 1 spiro atoms. The number of rotatable bonds is 5. The van der Waals surface area contributed by atoms with Gasteiger partial charge in [0.15, 0.2) is 9.84 Å². The van der Waals surface area contributed by atoms with Crippen molar-refractivity contribution in [3.8, 4) is 0 Å². The highest BCUT2D eigenvalue weighted by molar-refractivity contribution is 7.92. The van der Waals surface area contributed by atoms with Crippen molar-refractivity contribution in [3.63, 3.8) is 0 Å².